The van der Waals surface area contributed by atoms with Gasteiger partial charge in [0.1, 0.15) is 5.78 Å². The second kappa shape index (κ2) is 4.17. The van der Waals surface area contributed by atoms with Crippen molar-refractivity contribution in [1.29, 1.82) is 0 Å². The average Bonchev–Trinajstić information content (AvgIpc) is 2.15. The highest BCUT2D eigenvalue weighted by atomic mass is 16.4. The van der Waals surface area contributed by atoms with Gasteiger partial charge in [-0.1, -0.05) is 32.9 Å². The largest absolute Gasteiger partial charge is 0.481 e. The molecule has 3 heteroatoms. The third kappa shape index (κ3) is 2.67. The monoisotopic (exact) mass is 210 g/mol. The zero-order chi connectivity index (χ0) is 11.6. The van der Waals surface area contributed by atoms with Crippen molar-refractivity contribution in [3.05, 3.63) is 12.2 Å². The minimum Gasteiger partial charge on any atom is -0.481 e. The summed E-state index contributed by atoms with van der Waals surface area (Å²) in [6.45, 7) is 5.52. The summed E-state index contributed by atoms with van der Waals surface area (Å²) in [6, 6.07) is 0. The van der Waals surface area contributed by atoms with Crippen LogP contribution < -0.4 is 0 Å². The van der Waals surface area contributed by atoms with E-state index in [4.69, 9.17) is 5.11 Å². The Morgan fingerprint density at radius 2 is 1.60 bits per heavy atom. The van der Waals surface area contributed by atoms with Gasteiger partial charge in [-0.2, -0.15) is 0 Å². The number of Topliss-reactive ketones (excluding diaryl/α,β-unsaturated/α-hetero) is 1. The van der Waals surface area contributed by atoms with E-state index in [1.807, 2.05) is 32.9 Å². The first-order valence-electron chi connectivity index (χ1n) is 5.26. The Labute approximate surface area is 90.2 Å². The topological polar surface area (TPSA) is 54.4 Å². The fourth-order valence-electron chi connectivity index (χ4n) is 1.93. The van der Waals surface area contributed by atoms with Gasteiger partial charge < -0.3 is 5.11 Å². The normalized spacial score (nSPS) is 26.3. The predicted molar refractivity (Wildman–Crippen MR) is 57.5 cm³/mol. The van der Waals surface area contributed by atoms with Gasteiger partial charge in [-0.15, -0.1) is 0 Å². The van der Waals surface area contributed by atoms with Crippen molar-refractivity contribution < 1.29 is 14.7 Å². The van der Waals surface area contributed by atoms with Crippen molar-refractivity contribution in [1.82, 2.24) is 0 Å². The van der Waals surface area contributed by atoms with E-state index in [1.165, 1.54) is 0 Å². The van der Waals surface area contributed by atoms with Crippen molar-refractivity contribution in [2.75, 3.05) is 0 Å². The van der Waals surface area contributed by atoms with Crippen LogP contribution in [0.1, 0.15) is 33.6 Å². The van der Waals surface area contributed by atoms with Gasteiger partial charge in [0, 0.05) is 11.3 Å². The molecule has 0 aliphatic heterocycles. The van der Waals surface area contributed by atoms with Crippen molar-refractivity contribution in [3.63, 3.8) is 0 Å². The van der Waals surface area contributed by atoms with Gasteiger partial charge in [-0.05, 0) is 12.8 Å². The number of carbonyl (C=O) groups excluding carboxylic acids is 1. The van der Waals surface area contributed by atoms with Crippen LogP contribution in [0.15, 0.2) is 12.2 Å². The molecule has 2 unspecified atom stereocenters. The number of hydrogen-bond donors (Lipinski definition) is 1. The second-order valence-corrected chi connectivity index (χ2v) is 5.11. The third-order valence-corrected chi connectivity index (χ3v) is 2.83. The fourth-order valence-corrected chi connectivity index (χ4v) is 1.93. The predicted octanol–water partition coefficient (Wildman–Crippen LogP) is 2.27. The highest BCUT2D eigenvalue weighted by Gasteiger charge is 2.38. The van der Waals surface area contributed by atoms with Gasteiger partial charge >= 0.3 is 5.97 Å². The van der Waals surface area contributed by atoms with E-state index in [1.54, 1.807) is 0 Å². The lowest BCUT2D eigenvalue weighted by molar-refractivity contribution is -0.148. The lowest BCUT2D eigenvalue weighted by Gasteiger charge is -2.29. The highest BCUT2D eigenvalue weighted by molar-refractivity contribution is 5.90. The zero-order valence-corrected chi connectivity index (χ0v) is 9.49. The Bertz CT molecular complexity index is 296. The number of carboxylic acid groups (broad SMARTS) is 1. The third-order valence-electron chi connectivity index (χ3n) is 2.83. The van der Waals surface area contributed by atoms with Gasteiger partial charge in [0.2, 0.25) is 0 Å². The van der Waals surface area contributed by atoms with Crippen LogP contribution in [0.3, 0.4) is 0 Å². The molecule has 0 heterocycles. The second-order valence-electron chi connectivity index (χ2n) is 5.11. The molecule has 0 spiro atoms. The van der Waals surface area contributed by atoms with Crippen LogP contribution in [-0.2, 0) is 9.59 Å². The molecule has 3 nitrogen and oxygen atoms in total. The van der Waals surface area contributed by atoms with E-state index in [-0.39, 0.29) is 11.7 Å². The summed E-state index contributed by atoms with van der Waals surface area (Å²) in [4.78, 5) is 23.0. The molecule has 1 aliphatic carbocycles. The maximum atomic E-state index is 12.0. The molecule has 2 atom stereocenters. The zero-order valence-electron chi connectivity index (χ0n) is 9.49. The molecule has 0 aromatic carbocycles. The molecule has 1 N–H and O–H groups in total. The molecule has 0 amide bonds. The smallest absolute Gasteiger partial charge is 0.307 e. The number of carboxylic acids is 1. The minimum atomic E-state index is -0.859. The summed E-state index contributed by atoms with van der Waals surface area (Å²) >= 11 is 0. The lowest BCUT2D eigenvalue weighted by atomic mass is 9.73. The Kier molecular flexibility index (Phi) is 3.32. The standard InChI is InChI=1S/C12H18O3/c1-12(2,3)10(13)8-6-4-5-7-9(8)11(14)15/h4-5,8-9H,6-7H2,1-3H3,(H,14,15). The molecule has 0 radical (unpaired) electrons. The molecule has 0 saturated heterocycles. The van der Waals surface area contributed by atoms with Crippen LogP contribution in [0.25, 0.3) is 0 Å². The van der Waals surface area contributed by atoms with Crippen LogP contribution in [0.5, 0.6) is 0 Å². The highest BCUT2D eigenvalue weighted by Crippen LogP contribution is 2.32. The lowest BCUT2D eigenvalue weighted by Crippen LogP contribution is -2.37. The molecular weight excluding hydrogens is 192 g/mol. The number of allylic oxidation sites excluding steroid dienone is 2. The van der Waals surface area contributed by atoms with Crippen molar-refractivity contribution in [2.24, 2.45) is 17.3 Å². The van der Waals surface area contributed by atoms with Gasteiger partial charge in [0.05, 0.1) is 5.92 Å². The SMILES string of the molecule is CC(C)(C)C(=O)C1CC=CCC1C(=O)O. The van der Waals surface area contributed by atoms with Crippen LogP contribution in [0.2, 0.25) is 0 Å². The molecule has 0 fully saturated rings. The molecule has 1 aliphatic rings. The van der Waals surface area contributed by atoms with E-state index >= 15 is 0 Å². The molecule has 15 heavy (non-hydrogen) atoms. The van der Waals surface area contributed by atoms with Crippen LogP contribution >= 0.6 is 0 Å². The quantitative estimate of drug-likeness (QED) is 0.711. The molecular formula is C12H18O3. The summed E-state index contributed by atoms with van der Waals surface area (Å²) in [5, 5.41) is 9.04. The van der Waals surface area contributed by atoms with Crippen LogP contribution in [-0.4, -0.2) is 16.9 Å². The number of carbonyl (C=O) groups is 2. The number of ketones is 1. The van der Waals surface area contributed by atoms with Gasteiger partial charge in [-0.25, -0.2) is 0 Å². The first-order chi connectivity index (χ1) is 6.84. The number of rotatable bonds is 2. The Morgan fingerprint density at radius 1 is 1.13 bits per heavy atom. The molecule has 0 aromatic heterocycles. The maximum Gasteiger partial charge on any atom is 0.307 e. The Hall–Kier alpha value is -1.12. The Balaban J connectivity index is 2.88. The van der Waals surface area contributed by atoms with E-state index in [9.17, 15) is 9.59 Å². The molecule has 84 valence electrons. The summed E-state index contributed by atoms with van der Waals surface area (Å²) in [6.07, 6.45) is 4.80. The maximum absolute atomic E-state index is 12.0. The van der Waals surface area contributed by atoms with Crippen molar-refractivity contribution in [2.45, 2.75) is 33.6 Å². The van der Waals surface area contributed by atoms with Crippen LogP contribution in [0, 0.1) is 17.3 Å². The van der Waals surface area contributed by atoms with E-state index < -0.39 is 17.3 Å². The van der Waals surface area contributed by atoms with Gasteiger partial charge in [0.15, 0.2) is 0 Å². The Morgan fingerprint density at radius 3 is 2.00 bits per heavy atom. The summed E-state index contributed by atoms with van der Waals surface area (Å²) < 4.78 is 0. The first-order valence-corrected chi connectivity index (χ1v) is 5.26. The molecule has 0 aromatic rings. The summed E-state index contributed by atoms with van der Waals surface area (Å²) in [7, 11) is 0. The van der Waals surface area contributed by atoms with Crippen LogP contribution in [0.4, 0.5) is 0 Å². The van der Waals surface area contributed by atoms with Crippen molar-refractivity contribution in [3.8, 4) is 0 Å². The number of aliphatic carboxylic acids is 1. The van der Waals surface area contributed by atoms with Gasteiger partial charge in [0.25, 0.3) is 0 Å². The van der Waals surface area contributed by atoms with Gasteiger partial charge in [-0.3, -0.25) is 9.59 Å². The van der Waals surface area contributed by atoms with E-state index in [0.29, 0.717) is 12.8 Å². The fraction of sp³-hybridized carbons (Fsp3) is 0.667. The van der Waals surface area contributed by atoms with E-state index in [0.717, 1.165) is 0 Å². The summed E-state index contributed by atoms with van der Waals surface area (Å²) in [5.74, 6) is -1.70. The molecule has 1 rings (SSSR count). The molecule has 0 saturated carbocycles. The van der Waals surface area contributed by atoms with Crippen molar-refractivity contribution >= 4 is 11.8 Å². The molecule has 0 bridgehead atoms. The minimum absolute atomic E-state index is 0.0549. The average molecular weight is 210 g/mol. The first kappa shape index (κ1) is 12.0. The number of hydrogen-bond acceptors (Lipinski definition) is 2. The summed E-state index contributed by atoms with van der Waals surface area (Å²) in [5.41, 5.74) is -0.455. The van der Waals surface area contributed by atoms with E-state index in [2.05, 4.69) is 0 Å².